The topological polar surface area (TPSA) is 64.4 Å². The fourth-order valence-corrected chi connectivity index (χ4v) is 2.69. The first-order valence-corrected chi connectivity index (χ1v) is 6.96. The highest BCUT2D eigenvalue weighted by atomic mass is 32.1. The van der Waals surface area contributed by atoms with Gasteiger partial charge >= 0.3 is 0 Å². The number of carbonyl (C=O) groups is 1. The molecule has 0 amide bonds. The smallest absolute Gasteiger partial charge is 0.214 e. The number of hydrogen-bond donors (Lipinski definition) is 0. The van der Waals surface area contributed by atoms with Gasteiger partial charge in [0.25, 0.3) is 0 Å². The number of nitrogens with zero attached hydrogens (tertiary/aromatic N) is 3. The molecule has 0 bridgehead atoms. The fourth-order valence-electron chi connectivity index (χ4n) is 2.03. The number of ether oxygens (including phenoxy) is 1. The van der Waals surface area contributed by atoms with Gasteiger partial charge < -0.3 is 4.74 Å². The summed E-state index contributed by atoms with van der Waals surface area (Å²) in [4.78, 5) is 24.2. The van der Waals surface area contributed by atoms with Crippen LogP contribution in [0.5, 0.6) is 5.88 Å². The van der Waals surface area contributed by atoms with Crippen molar-refractivity contribution in [2.75, 3.05) is 13.7 Å². The molecular formula is C14H15N3O2S. The quantitative estimate of drug-likeness (QED) is 0.625. The van der Waals surface area contributed by atoms with E-state index in [1.807, 2.05) is 19.9 Å². The molecule has 20 heavy (non-hydrogen) atoms. The van der Waals surface area contributed by atoms with Crippen LogP contribution in [-0.2, 0) is 4.79 Å². The molecule has 0 saturated heterocycles. The van der Waals surface area contributed by atoms with Gasteiger partial charge in [-0.25, -0.2) is 4.98 Å². The van der Waals surface area contributed by atoms with Gasteiger partial charge in [-0.15, -0.1) is 11.3 Å². The van der Waals surface area contributed by atoms with Gasteiger partial charge in [-0.2, -0.15) is 0 Å². The highest BCUT2D eigenvalue weighted by Gasteiger charge is 2.16. The normalized spacial score (nSPS) is 11.4. The fraction of sp³-hybridized carbons (Fsp3) is 0.286. The van der Waals surface area contributed by atoms with Crippen molar-refractivity contribution in [1.29, 1.82) is 0 Å². The van der Waals surface area contributed by atoms with Gasteiger partial charge in [0.1, 0.15) is 6.61 Å². The zero-order chi connectivity index (χ0) is 14.5. The van der Waals surface area contributed by atoms with E-state index in [4.69, 9.17) is 4.74 Å². The average Bonchev–Trinajstić information content (AvgIpc) is 2.94. The standard InChI is InChI=1S/C14H15N3O2S/c1-9-6-12(19-5-4-18)17-10(2)13(9)14(15-3)11-7-16-8-20-11/h4,6-8H,5H2,1-3H3. The van der Waals surface area contributed by atoms with E-state index in [0.717, 1.165) is 27.4 Å². The molecule has 0 aliphatic carbocycles. The highest BCUT2D eigenvalue weighted by Crippen LogP contribution is 2.23. The van der Waals surface area contributed by atoms with E-state index < -0.39 is 0 Å². The maximum Gasteiger partial charge on any atom is 0.214 e. The summed E-state index contributed by atoms with van der Waals surface area (Å²) in [6, 6.07) is 1.82. The molecule has 2 rings (SSSR count). The summed E-state index contributed by atoms with van der Waals surface area (Å²) in [6.45, 7) is 3.89. The van der Waals surface area contributed by atoms with Crippen LogP contribution in [0.2, 0.25) is 0 Å². The molecule has 0 aliphatic heterocycles. The second-order valence-corrected chi connectivity index (χ2v) is 5.04. The van der Waals surface area contributed by atoms with E-state index in [2.05, 4.69) is 15.0 Å². The largest absolute Gasteiger partial charge is 0.470 e. The number of aryl methyl sites for hydroxylation is 2. The first kappa shape index (κ1) is 14.3. The first-order chi connectivity index (χ1) is 9.67. The van der Waals surface area contributed by atoms with Crippen molar-refractivity contribution in [3.05, 3.63) is 39.5 Å². The number of aldehydes is 1. The number of thiazole rings is 1. The summed E-state index contributed by atoms with van der Waals surface area (Å²) in [6.07, 6.45) is 2.50. The van der Waals surface area contributed by atoms with Crippen molar-refractivity contribution in [3.63, 3.8) is 0 Å². The van der Waals surface area contributed by atoms with E-state index >= 15 is 0 Å². The molecule has 0 saturated carbocycles. The van der Waals surface area contributed by atoms with Gasteiger partial charge in [-0.05, 0) is 19.4 Å². The molecule has 0 aliphatic rings. The lowest BCUT2D eigenvalue weighted by atomic mass is 10.0. The van der Waals surface area contributed by atoms with Crippen LogP contribution in [0, 0.1) is 13.8 Å². The van der Waals surface area contributed by atoms with Crippen molar-refractivity contribution < 1.29 is 9.53 Å². The monoisotopic (exact) mass is 289 g/mol. The second kappa shape index (κ2) is 6.38. The molecule has 2 heterocycles. The molecule has 0 radical (unpaired) electrons. The minimum absolute atomic E-state index is 0.00873. The zero-order valence-corrected chi connectivity index (χ0v) is 12.4. The van der Waals surface area contributed by atoms with E-state index in [1.165, 1.54) is 11.3 Å². The summed E-state index contributed by atoms with van der Waals surface area (Å²) in [5.41, 5.74) is 5.46. The van der Waals surface area contributed by atoms with E-state index in [9.17, 15) is 4.79 Å². The van der Waals surface area contributed by atoms with Crippen LogP contribution in [0.25, 0.3) is 0 Å². The molecule has 0 spiro atoms. The lowest BCUT2D eigenvalue weighted by Gasteiger charge is -2.12. The molecule has 0 fully saturated rings. The Labute approximate surface area is 121 Å². The number of carbonyl (C=O) groups excluding carboxylic acids is 1. The maximum absolute atomic E-state index is 10.3. The minimum atomic E-state index is 0.00873. The molecule has 0 aromatic carbocycles. The van der Waals surface area contributed by atoms with E-state index in [0.29, 0.717) is 12.2 Å². The number of rotatable bonds is 5. The third-order valence-corrected chi connectivity index (χ3v) is 3.58. The summed E-state index contributed by atoms with van der Waals surface area (Å²) in [5.74, 6) is 0.454. The summed E-state index contributed by atoms with van der Waals surface area (Å²) in [7, 11) is 1.75. The Bertz CT molecular complexity index is 613. The molecule has 2 aromatic heterocycles. The minimum Gasteiger partial charge on any atom is -0.470 e. The van der Waals surface area contributed by atoms with E-state index in [-0.39, 0.29) is 6.61 Å². The van der Waals surface area contributed by atoms with Gasteiger partial charge in [-0.1, -0.05) is 0 Å². The first-order valence-electron chi connectivity index (χ1n) is 6.08. The Kier molecular flexibility index (Phi) is 4.57. The van der Waals surface area contributed by atoms with Crippen LogP contribution in [-0.4, -0.2) is 35.6 Å². The van der Waals surface area contributed by atoms with Crippen LogP contribution in [0.1, 0.15) is 21.7 Å². The Hall–Kier alpha value is -2.08. The van der Waals surface area contributed by atoms with Crippen molar-refractivity contribution >= 4 is 23.3 Å². The lowest BCUT2D eigenvalue weighted by Crippen LogP contribution is -2.10. The van der Waals surface area contributed by atoms with Crippen LogP contribution in [0.15, 0.2) is 22.8 Å². The third-order valence-electron chi connectivity index (χ3n) is 2.80. The van der Waals surface area contributed by atoms with Crippen molar-refractivity contribution in [3.8, 4) is 5.88 Å². The van der Waals surface area contributed by atoms with Crippen molar-refractivity contribution in [2.45, 2.75) is 13.8 Å². The molecular weight excluding hydrogens is 274 g/mol. The van der Waals surface area contributed by atoms with Crippen LogP contribution in [0.4, 0.5) is 0 Å². The SMILES string of the molecule is CN=C(c1cncs1)c1c(C)cc(OCC=O)nc1C. The Balaban J connectivity index is 2.44. The van der Waals surface area contributed by atoms with Crippen LogP contribution < -0.4 is 4.74 Å². The number of aliphatic imine (C=N–C) groups is 1. The predicted molar refractivity (Wildman–Crippen MR) is 78.9 cm³/mol. The van der Waals surface area contributed by atoms with Gasteiger partial charge in [-0.3, -0.25) is 14.8 Å². The highest BCUT2D eigenvalue weighted by molar-refractivity contribution is 7.12. The maximum atomic E-state index is 10.3. The molecule has 5 nitrogen and oxygen atoms in total. The number of aromatic nitrogens is 2. The zero-order valence-electron chi connectivity index (χ0n) is 11.6. The van der Waals surface area contributed by atoms with Gasteiger partial charge in [0.2, 0.25) is 5.88 Å². The Morgan fingerprint density at radius 2 is 2.30 bits per heavy atom. The van der Waals surface area contributed by atoms with Crippen LogP contribution >= 0.6 is 11.3 Å². The summed E-state index contributed by atoms with van der Waals surface area (Å²) < 4.78 is 5.25. The van der Waals surface area contributed by atoms with Gasteiger partial charge in [0.05, 0.1) is 21.8 Å². The Morgan fingerprint density at radius 1 is 1.50 bits per heavy atom. The van der Waals surface area contributed by atoms with Crippen molar-refractivity contribution in [2.24, 2.45) is 4.99 Å². The van der Waals surface area contributed by atoms with Gasteiger partial charge in [0.15, 0.2) is 6.29 Å². The average molecular weight is 289 g/mol. The molecule has 0 unspecified atom stereocenters. The second-order valence-electron chi connectivity index (χ2n) is 4.15. The molecule has 2 aromatic rings. The van der Waals surface area contributed by atoms with Crippen LogP contribution in [0.3, 0.4) is 0 Å². The van der Waals surface area contributed by atoms with E-state index in [1.54, 1.807) is 18.8 Å². The predicted octanol–water partition coefficient (Wildman–Crippen LogP) is 2.20. The molecule has 0 N–H and O–H groups in total. The lowest BCUT2D eigenvalue weighted by molar-refractivity contribution is -0.109. The summed E-state index contributed by atoms with van der Waals surface area (Å²) >= 11 is 1.54. The van der Waals surface area contributed by atoms with Gasteiger partial charge in [0, 0.05) is 24.9 Å². The molecule has 6 heteroatoms. The number of pyridine rings is 1. The number of hydrogen-bond acceptors (Lipinski definition) is 6. The molecule has 104 valence electrons. The van der Waals surface area contributed by atoms with Crippen molar-refractivity contribution in [1.82, 2.24) is 9.97 Å². The third kappa shape index (κ3) is 2.91. The molecule has 0 atom stereocenters. The summed E-state index contributed by atoms with van der Waals surface area (Å²) in [5, 5.41) is 0. The Morgan fingerprint density at radius 3 is 2.85 bits per heavy atom.